The highest BCUT2D eigenvalue weighted by atomic mass is 16.5. The Bertz CT molecular complexity index is 931. The van der Waals surface area contributed by atoms with Crippen molar-refractivity contribution in [3.63, 3.8) is 0 Å². The number of hydrogen-bond acceptors (Lipinski definition) is 1. The Morgan fingerprint density at radius 2 is 1.33 bits per heavy atom. The zero-order chi connectivity index (χ0) is 18.9. The molecule has 0 heterocycles. The van der Waals surface area contributed by atoms with E-state index in [2.05, 4.69) is 68.4 Å². The molecule has 0 atom stereocenters. The Balaban J connectivity index is 1.89. The molecule has 0 spiro atoms. The average Bonchev–Trinajstić information content (AvgIpc) is 2.98. The SMILES string of the molecule is CCCC1(CCC)c2ccccc2-c2ccc(-c3ccc(OC)cc3)cc21. The molecule has 0 aliphatic heterocycles. The molecule has 1 aliphatic carbocycles. The Hall–Kier alpha value is -2.54. The monoisotopic (exact) mass is 356 g/mol. The molecule has 0 amide bonds. The first-order chi connectivity index (χ1) is 13.2. The summed E-state index contributed by atoms with van der Waals surface area (Å²) in [7, 11) is 1.71. The number of benzene rings is 3. The molecule has 3 aromatic rings. The lowest BCUT2D eigenvalue weighted by Gasteiger charge is -2.32. The molecule has 1 nitrogen and oxygen atoms in total. The first-order valence-electron chi connectivity index (χ1n) is 10.1. The van der Waals surface area contributed by atoms with Crippen molar-refractivity contribution in [3.05, 3.63) is 77.9 Å². The third-order valence-corrected chi connectivity index (χ3v) is 6.04. The fraction of sp³-hybridized carbons (Fsp3) is 0.308. The number of hydrogen-bond donors (Lipinski definition) is 0. The van der Waals surface area contributed by atoms with Crippen LogP contribution in [-0.4, -0.2) is 7.11 Å². The van der Waals surface area contributed by atoms with E-state index in [1.807, 2.05) is 12.1 Å². The van der Waals surface area contributed by atoms with E-state index in [9.17, 15) is 0 Å². The van der Waals surface area contributed by atoms with Gasteiger partial charge in [-0.1, -0.05) is 75.2 Å². The van der Waals surface area contributed by atoms with E-state index in [1.165, 1.54) is 59.1 Å². The summed E-state index contributed by atoms with van der Waals surface area (Å²) < 4.78 is 5.32. The van der Waals surface area contributed by atoms with E-state index < -0.39 is 0 Å². The first kappa shape index (κ1) is 17.9. The summed E-state index contributed by atoms with van der Waals surface area (Å²) in [5, 5.41) is 0. The van der Waals surface area contributed by atoms with Gasteiger partial charge < -0.3 is 4.74 Å². The second-order valence-electron chi connectivity index (χ2n) is 7.62. The predicted octanol–water partition coefficient (Wildman–Crippen LogP) is 7.23. The third kappa shape index (κ3) is 2.86. The van der Waals surface area contributed by atoms with Gasteiger partial charge in [-0.2, -0.15) is 0 Å². The summed E-state index contributed by atoms with van der Waals surface area (Å²) in [4.78, 5) is 0. The van der Waals surface area contributed by atoms with Crippen LogP contribution < -0.4 is 4.74 Å². The average molecular weight is 357 g/mol. The highest BCUT2D eigenvalue weighted by molar-refractivity contribution is 5.84. The molecule has 27 heavy (non-hydrogen) atoms. The van der Waals surface area contributed by atoms with Crippen LogP contribution >= 0.6 is 0 Å². The largest absolute Gasteiger partial charge is 0.497 e. The van der Waals surface area contributed by atoms with Gasteiger partial charge in [0.1, 0.15) is 5.75 Å². The molecule has 1 heteroatoms. The molecule has 3 aromatic carbocycles. The summed E-state index contributed by atoms with van der Waals surface area (Å²) in [6, 6.07) is 24.5. The van der Waals surface area contributed by atoms with Crippen LogP contribution in [0.25, 0.3) is 22.3 Å². The standard InChI is InChI=1S/C26H28O/c1-4-16-26(17-5-2)24-9-7-6-8-22(24)23-15-12-20(18-25(23)26)19-10-13-21(27-3)14-11-19/h6-15,18H,4-5,16-17H2,1-3H3. The summed E-state index contributed by atoms with van der Waals surface area (Å²) in [5.41, 5.74) is 8.58. The van der Waals surface area contributed by atoms with E-state index in [4.69, 9.17) is 4.74 Å². The van der Waals surface area contributed by atoms with Gasteiger partial charge in [0, 0.05) is 5.41 Å². The fourth-order valence-electron chi connectivity index (χ4n) is 4.94. The van der Waals surface area contributed by atoms with Gasteiger partial charge in [0.05, 0.1) is 7.11 Å². The molecule has 0 radical (unpaired) electrons. The van der Waals surface area contributed by atoms with Gasteiger partial charge in [0.25, 0.3) is 0 Å². The zero-order valence-electron chi connectivity index (χ0n) is 16.6. The van der Waals surface area contributed by atoms with Crippen LogP contribution in [0, 0.1) is 0 Å². The van der Waals surface area contributed by atoms with Gasteiger partial charge in [-0.15, -0.1) is 0 Å². The summed E-state index contributed by atoms with van der Waals surface area (Å²) >= 11 is 0. The summed E-state index contributed by atoms with van der Waals surface area (Å²) in [6.07, 6.45) is 4.80. The Labute approximate surface area is 163 Å². The van der Waals surface area contributed by atoms with Gasteiger partial charge in [0.2, 0.25) is 0 Å². The maximum absolute atomic E-state index is 5.32. The summed E-state index contributed by atoms with van der Waals surface area (Å²) in [5.74, 6) is 0.902. The minimum atomic E-state index is 0.151. The molecule has 1 aliphatic rings. The minimum absolute atomic E-state index is 0.151. The Morgan fingerprint density at radius 3 is 2.00 bits per heavy atom. The molecular weight excluding hydrogens is 328 g/mol. The topological polar surface area (TPSA) is 9.23 Å². The van der Waals surface area contributed by atoms with E-state index in [-0.39, 0.29) is 5.41 Å². The van der Waals surface area contributed by atoms with E-state index in [0.717, 1.165) is 5.75 Å². The number of rotatable bonds is 6. The molecule has 0 bridgehead atoms. The molecule has 0 N–H and O–H groups in total. The molecule has 0 fully saturated rings. The fourth-order valence-corrected chi connectivity index (χ4v) is 4.94. The quantitative estimate of drug-likeness (QED) is 0.453. The lowest BCUT2D eigenvalue weighted by Crippen LogP contribution is -2.25. The normalized spacial score (nSPS) is 13.9. The highest BCUT2D eigenvalue weighted by Crippen LogP contribution is 2.54. The molecule has 0 unspecified atom stereocenters. The van der Waals surface area contributed by atoms with Crippen molar-refractivity contribution >= 4 is 0 Å². The van der Waals surface area contributed by atoms with Gasteiger partial charge in [-0.3, -0.25) is 0 Å². The van der Waals surface area contributed by atoms with Crippen molar-refractivity contribution in [3.8, 4) is 28.0 Å². The van der Waals surface area contributed by atoms with E-state index in [0.29, 0.717) is 0 Å². The van der Waals surface area contributed by atoms with Crippen LogP contribution in [-0.2, 0) is 5.41 Å². The Kier molecular flexibility index (Phi) is 4.78. The van der Waals surface area contributed by atoms with Crippen LogP contribution in [0.3, 0.4) is 0 Å². The lowest BCUT2D eigenvalue weighted by molar-refractivity contribution is 0.415. The van der Waals surface area contributed by atoms with Gasteiger partial charge in [0.15, 0.2) is 0 Å². The summed E-state index contributed by atoms with van der Waals surface area (Å²) in [6.45, 7) is 4.62. The molecule has 0 aromatic heterocycles. The lowest BCUT2D eigenvalue weighted by atomic mass is 9.71. The van der Waals surface area contributed by atoms with Crippen LogP contribution in [0.1, 0.15) is 50.7 Å². The van der Waals surface area contributed by atoms with E-state index in [1.54, 1.807) is 7.11 Å². The number of ether oxygens (including phenoxy) is 1. The minimum Gasteiger partial charge on any atom is -0.497 e. The second kappa shape index (κ2) is 7.23. The van der Waals surface area contributed by atoms with Crippen molar-refractivity contribution in [2.45, 2.75) is 44.9 Å². The van der Waals surface area contributed by atoms with Gasteiger partial charge in [-0.05, 0) is 64.4 Å². The molecule has 0 saturated heterocycles. The maximum atomic E-state index is 5.32. The maximum Gasteiger partial charge on any atom is 0.118 e. The predicted molar refractivity (Wildman–Crippen MR) is 114 cm³/mol. The van der Waals surface area contributed by atoms with Crippen LogP contribution in [0.2, 0.25) is 0 Å². The van der Waals surface area contributed by atoms with Crippen LogP contribution in [0.5, 0.6) is 5.75 Å². The molecule has 4 rings (SSSR count). The molecule has 138 valence electrons. The van der Waals surface area contributed by atoms with Crippen molar-refractivity contribution < 1.29 is 4.74 Å². The zero-order valence-corrected chi connectivity index (χ0v) is 16.6. The number of fused-ring (bicyclic) bond motifs is 3. The van der Waals surface area contributed by atoms with E-state index >= 15 is 0 Å². The van der Waals surface area contributed by atoms with Crippen molar-refractivity contribution in [2.75, 3.05) is 7.11 Å². The molecular formula is C26H28O. The second-order valence-corrected chi connectivity index (χ2v) is 7.62. The number of methoxy groups -OCH3 is 1. The third-order valence-electron chi connectivity index (χ3n) is 6.04. The van der Waals surface area contributed by atoms with Crippen LogP contribution in [0.15, 0.2) is 66.7 Å². The first-order valence-corrected chi connectivity index (χ1v) is 10.1. The highest BCUT2D eigenvalue weighted by Gasteiger charge is 2.41. The Morgan fingerprint density at radius 1 is 0.704 bits per heavy atom. The molecule has 0 saturated carbocycles. The van der Waals surface area contributed by atoms with Crippen molar-refractivity contribution in [2.24, 2.45) is 0 Å². The van der Waals surface area contributed by atoms with Crippen molar-refractivity contribution in [1.82, 2.24) is 0 Å². The van der Waals surface area contributed by atoms with Gasteiger partial charge >= 0.3 is 0 Å². The van der Waals surface area contributed by atoms with Crippen molar-refractivity contribution in [1.29, 1.82) is 0 Å². The van der Waals surface area contributed by atoms with Crippen LogP contribution in [0.4, 0.5) is 0 Å². The smallest absolute Gasteiger partial charge is 0.118 e. The van der Waals surface area contributed by atoms with Gasteiger partial charge in [-0.25, -0.2) is 0 Å².